The summed E-state index contributed by atoms with van der Waals surface area (Å²) < 4.78 is 0. The Hall–Kier alpha value is -0.560. The van der Waals surface area contributed by atoms with Crippen molar-refractivity contribution in [3.05, 3.63) is 24.8 Å². The van der Waals surface area contributed by atoms with Crippen molar-refractivity contribution in [2.75, 3.05) is 13.1 Å². The van der Waals surface area contributed by atoms with Gasteiger partial charge in [-0.2, -0.15) is 0 Å². The molecule has 0 aliphatic carbocycles. The number of rotatable bonds is 7. The number of nitrogens with one attached hydrogen (secondary N) is 1. The highest BCUT2D eigenvalue weighted by Gasteiger charge is 1.81. The molecule has 0 aliphatic heterocycles. The van der Waals surface area contributed by atoms with Gasteiger partial charge in [-0.15, -0.1) is 6.58 Å². The van der Waals surface area contributed by atoms with Crippen LogP contribution in [-0.2, 0) is 0 Å². The summed E-state index contributed by atoms with van der Waals surface area (Å²) in [6.45, 7) is 7.95. The van der Waals surface area contributed by atoms with Crippen LogP contribution in [0.15, 0.2) is 24.8 Å². The maximum Gasteiger partial charge on any atom is -0.00141 e. The fourth-order valence-corrected chi connectivity index (χ4v) is 0.799. The topological polar surface area (TPSA) is 12.0 Å². The van der Waals surface area contributed by atoms with Gasteiger partial charge in [0.05, 0.1) is 0 Å². The lowest BCUT2D eigenvalue weighted by Gasteiger charge is -1.97. The van der Waals surface area contributed by atoms with Crippen LogP contribution in [0.5, 0.6) is 0 Å². The van der Waals surface area contributed by atoms with Crippen LogP contribution in [0.4, 0.5) is 0 Å². The van der Waals surface area contributed by atoms with E-state index in [1.165, 1.54) is 0 Å². The van der Waals surface area contributed by atoms with Crippen molar-refractivity contribution in [3.8, 4) is 0 Å². The van der Waals surface area contributed by atoms with E-state index in [-0.39, 0.29) is 0 Å². The molecule has 0 amide bonds. The first-order valence-electron chi connectivity index (χ1n) is 4.38. The van der Waals surface area contributed by atoms with Gasteiger partial charge < -0.3 is 5.32 Å². The third-order valence-corrected chi connectivity index (χ3v) is 1.42. The highest BCUT2D eigenvalue weighted by Crippen LogP contribution is 1.84. The third-order valence-electron chi connectivity index (χ3n) is 1.42. The maximum absolute atomic E-state index is 3.65. The molecule has 0 aromatic heterocycles. The van der Waals surface area contributed by atoms with Gasteiger partial charge in [0.2, 0.25) is 0 Å². The standard InChI is InChI=1S/C10H19N/c1-3-5-7-8-10-11-9-6-4-2/h4-5,7,11H,2-3,6,8-10H2,1H3/b7-5-. The number of hydrogen-bond acceptors (Lipinski definition) is 1. The quantitative estimate of drug-likeness (QED) is 0.438. The number of hydrogen-bond donors (Lipinski definition) is 1. The molecule has 1 nitrogen and oxygen atoms in total. The zero-order valence-corrected chi connectivity index (χ0v) is 7.47. The van der Waals surface area contributed by atoms with Crippen molar-refractivity contribution in [2.24, 2.45) is 0 Å². The lowest BCUT2D eigenvalue weighted by Crippen LogP contribution is -2.15. The van der Waals surface area contributed by atoms with Gasteiger partial charge in [-0.3, -0.25) is 0 Å². The summed E-state index contributed by atoms with van der Waals surface area (Å²) in [5.74, 6) is 0. The second kappa shape index (κ2) is 9.44. The molecule has 0 unspecified atom stereocenters. The summed E-state index contributed by atoms with van der Waals surface area (Å²) in [5, 5.41) is 3.32. The zero-order chi connectivity index (χ0) is 8.36. The van der Waals surface area contributed by atoms with Crippen LogP contribution in [0, 0.1) is 0 Å². The highest BCUT2D eigenvalue weighted by atomic mass is 14.8. The Balaban J connectivity index is 2.90. The molecule has 0 atom stereocenters. The summed E-state index contributed by atoms with van der Waals surface area (Å²) in [6.07, 6.45) is 9.72. The summed E-state index contributed by atoms with van der Waals surface area (Å²) >= 11 is 0. The van der Waals surface area contributed by atoms with E-state index in [0.717, 1.165) is 32.4 Å². The van der Waals surface area contributed by atoms with Crippen molar-refractivity contribution in [1.82, 2.24) is 5.32 Å². The Morgan fingerprint density at radius 3 is 2.55 bits per heavy atom. The Labute approximate surface area is 70.2 Å². The minimum absolute atomic E-state index is 1.06. The Morgan fingerprint density at radius 1 is 1.18 bits per heavy atom. The first kappa shape index (κ1) is 10.4. The van der Waals surface area contributed by atoms with E-state index in [0.29, 0.717) is 0 Å². The summed E-state index contributed by atoms with van der Waals surface area (Å²) in [6, 6.07) is 0. The fraction of sp³-hybridized carbons (Fsp3) is 0.600. The molecule has 0 aromatic rings. The van der Waals surface area contributed by atoms with E-state index >= 15 is 0 Å². The highest BCUT2D eigenvalue weighted by molar-refractivity contribution is 4.80. The van der Waals surface area contributed by atoms with Crippen molar-refractivity contribution < 1.29 is 0 Å². The molecule has 64 valence electrons. The molecule has 11 heavy (non-hydrogen) atoms. The van der Waals surface area contributed by atoms with Crippen LogP contribution >= 0.6 is 0 Å². The van der Waals surface area contributed by atoms with E-state index in [2.05, 4.69) is 31.0 Å². The second-order valence-electron chi connectivity index (χ2n) is 2.50. The molecule has 1 heteroatoms. The molecule has 0 heterocycles. The lowest BCUT2D eigenvalue weighted by atomic mass is 10.3. The van der Waals surface area contributed by atoms with Crippen LogP contribution in [0.25, 0.3) is 0 Å². The van der Waals surface area contributed by atoms with Crippen molar-refractivity contribution in [2.45, 2.75) is 26.2 Å². The average Bonchev–Trinajstić information content (AvgIpc) is 2.03. The van der Waals surface area contributed by atoms with Crippen LogP contribution in [0.1, 0.15) is 26.2 Å². The van der Waals surface area contributed by atoms with E-state index in [1.807, 2.05) is 6.08 Å². The van der Waals surface area contributed by atoms with Gasteiger partial charge in [-0.1, -0.05) is 25.2 Å². The van der Waals surface area contributed by atoms with Gasteiger partial charge in [0, 0.05) is 0 Å². The van der Waals surface area contributed by atoms with E-state index in [9.17, 15) is 0 Å². The van der Waals surface area contributed by atoms with E-state index < -0.39 is 0 Å². The minimum atomic E-state index is 1.06. The third kappa shape index (κ3) is 9.44. The van der Waals surface area contributed by atoms with Crippen LogP contribution in [-0.4, -0.2) is 13.1 Å². The molecule has 0 saturated carbocycles. The van der Waals surface area contributed by atoms with Gasteiger partial charge in [0.1, 0.15) is 0 Å². The zero-order valence-electron chi connectivity index (χ0n) is 7.47. The summed E-state index contributed by atoms with van der Waals surface area (Å²) in [7, 11) is 0. The van der Waals surface area contributed by atoms with Crippen molar-refractivity contribution in [3.63, 3.8) is 0 Å². The second-order valence-corrected chi connectivity index (χ2v) is 2.50. The van der Waals surface area contributed by atoms with Crippen LogP contribution in [0.2, 0.25) is 0 Å². The largest absolute Gasteiger partial charge is 0.316 e. The molecule has 0 rings (SSSR count). The smallest absolute Gasteiger partial charge is 0.00141 e. The predicted octanol–water partition coefficient (Wildman–Crippen LogP) is 2.51. The first-order chi connectivity index (χ1) is 5.41. The first-order valence-corrected chi connectivity index (χ1v) is 4.38. The lowest BCUT2D eigenvalue weighted by molar-refractivity contribution is 0.697. The van der Waals surface area contributed by atoms with Crippen LogP contribution in [0.3, 0.4) is 0 Å². The molecule has 0 fully saturated rings. The predicted molar refractivity (Wildman–Crippen MR) is 51.7 cm³/mol. The monoisotopic (exact) mass is 153 g/mol. The SMILES string of the molecule is C=CCCNCC/C=C\CC. The van der Waals surface area contributed by atoms with E-state index in [4.69, 9.17) is 0 Å². The average molecular weight is 153 g/mol. The molecule has 0 bridgehead atoms. The molecule has 1 N–H and O–H groups in total. The number of allylic oxidation sites excluding steroid dienone is 1. The van der Waals surface area contributed by atoms with Crippen LogP contribution < -0.4 is 5.32 Å². The Morgan fingerprint density at radius 2 is 1.91 bits per heavy atom. The summed E-state index contributed by atoms with van der Waals surface area (Å²) in [4.78, 5) is 0. The van der Waals surface area contributed by atoms with Gasteiger partial charge in [-0.05, 0) is 32.4 Å². The molecule has 0 saturated heterocycles. The van der Waals surface area contributed by atoms with Gasteiger partial charge in [0.25, 0.3) is 0 Å². The Kier molecular flexibility index (Phi) is 8.96. The van der Waals surface area contributed by atoms with Gasteiger partial charge >= 0.3 is 0 Å². The van der Waals surface area contributed by atoms with Gasteiger partial charge in [0.15, 0.2) is 0 Å². The molecule has 0 radical (unpaired) electrons. The Bertz CT molecular complexity index is 105. The van der Waals surface area contributed by atoms with Crippen molar-refractivity contribution >= 4 is 0 Å². The van der Waals surface area contributed by atoms with Gasteiger partial charge in [-0.25, -0.2) is 0 Å². The summed E-state index contributed by atoms with van der Waals surface area (Å²) in [5.41, 5.74) is 0. The van der Waals surface area contributed by atoms with E-state index in [1.54, 1.807) is 0 Å². The minimum Gasteiger partial charge on any atom is -0.316 e. The molecular formula is C10H19N. The molecule has 0 aromatic carbocycles. The van der Waals surface area contributed by atoms with Crippen molar-refractivity contribution in [1.29, 1.82) is 0 Å². The molecule has 0 aliphatic rings. The molecule has 0 spiro atoms. The molecular weight excluding hydrogens is 134 g/mol. The fourth-order valence-electron chi connectivity index (χ4n) is 0.799. The normalized spacial score (nSPS) is 10.6. The maximum atomic E-state index is 3.65.